The molecule has 1 N–H and O–H groups in total. The van der Waals surface area contributed by atoms with Crippen molar-refractivity contribution in [2.24, 2.45) is 0 Å². The number of rotatable bonds is 1. The standard InChI is InChI=1S/C8H8O2.Na/c9-8(10)6-7-4-2-1-3-5-7;/h1-6,9-10H;/q;+1/p-1. The summed E-state index contributed by atoms with van der Waals surface area (Å²) in [6.45, 7) is 0. The van der Waals surface area contributed by atoms with Gasteiger partial charge in [-0.1, -0.05) is 30.3 Å². The van der Waals surface area contributed by atoms with E-state index in [9.17, 15) is 5.11 Å². The molecular formula is C8H7NaO2. The van der Waals surface area contributed by atoms with Gasteiger partial charge in [0.25, 0.3) is 0 Å². The molecule has 52 valence electrons. The van der Waals surface area contributed by atoms with E-state index in [4.69, 9.17) is 5.11 Å². The zero-order valence-electron chi connectivity index (χ0n) is 6.32. The van der Waals surface area contributed by atoms with E-state index < -0.39 is 5.95 Å². The minimum Gasteiger partial charge on any atom is -0.629 e. The first kappa shape index (κ1) is 10.6. The zero-order chi connectivity index (χ0) is 7.40. The van der Waals surface area contributed by atoms with Crippen LogP contribution in [0.1, 0.15) is 5.56 Å². The quantitative estimate of drug-likeness (QED) is 0.376. The Labute approximate surface area is 87.5 Å². The molecule has 0 amide bonds. The van der Waals surface area contributed by atoms with Crippen molar-refractivity contribution in [3.8, 4) is 0 Å². The van der Waals surface area contributed by atoms with Gasteiger partial charge in [-0.25, -0.2) is 0 Å². The average Bonchev–Trinajstić information content (AvgIpc) is 1.88. The van der Waals surface area contributed by atoms with E-state index in [1.165, 1.54) is 6.08 Å². The molecule has 0 heterocycles. The zero-order valence-corrected chi connectivity index (χ0v) is 8.32. The number of benzene rings is 1. The maximum atomic E-state index is 10.1. The summed E-state index contributed by atoms with van der Waals surface area (Å²) < 4.78 is 0. The van der Waals surface area contributed by atoms with Crippen molar-refractivity contribution >= 4 is 6.08 Å². The normalized spacial score (nSPS) is 10.4. The minimum atomic E-state index is -0.911. The first-order chi connectivity index (χ1) is 4.79. The van der Waals surface area contributed by atoms with Crippen LogP contribution in [-0.4, -0.2) is 5.11 Å². The summed E-state index contributed by atoms with van der Waals surface area (Å²) >= 11 is 0. The number of aliphatic hydroxyl groups excluding tert-OH is 1. The fraction of sp³-hybridized carbons (Fsp3) is 0. The van der Waals surface area contributed by atoms with Gasteiger partial charge in [-0.15, -0.1) is 0 Å². The van der Waals surface area contributed by atoms with Gasteiger partial charge in [0.05, 0.1) is 0 Å². The number of hydrogen-bond acceptors (Lipinski definition) is 2. The van der Waals surface area contributed by atoms with Gasteiger partial charge in [-0.05, 0) is 11.6 Å². The second-order valence-corrected chi connectivity index (χ2v) is 1.89. The third-order valence-electron chi connectivity index (χ3n) is 1.09. The predicted octanol–water partition coefficient (Wildman–Crippen LogP) is -2.09. The van der Waals surface area contributed by atoms with E-state index in [-0.39, 0.29) is 29.6 Å². The van der Waals surface area contributed by atoms with Gasteiger partial charge >= 0.3 is 29.6 Å². The molecular weight excluding hydrogens is 151 g/mol. The maximum Gasteiger partial charge on any atom is 1.00 e. The summed E-state index contributed by atoms with van der Waals surface area (Å²) in [6, 6.07) is 8.94. The molecule has 3 heteroatoms. The Bertz CT molecular complexity index is 227. The molecule has 0 atom stereocenters. The summed E-state index contributed by atoms with van der Waals surface area (Å²) in [5.41, 5.74) is 0.718. The molecule has 0 unspecified atom stereocenters. The van der Waals surface area contributed by atoms with Gasteiger partial charge in [0, 0.05) is 5.95 Å². The largest absolute Gasteiger partial charge is 1.00 e. The van der Waals surface area contributed by atoms with E-state index >= 15 is 0 Å². The Morgan fingerprint density at radius 3 is 2.27 bits per heavy atom. The first-order valence-corrected chi connectivity index (χ1v) is 2.92. The molecule has 1 aromatic carbocycles. The molecule has 0 saturated carbocycles. The Hall–Kier alpha value is -0.440. The molecule has 2 nitrogen and oxygen atoms in total. The minimum absolute atomic E-state index is 0. The van der Waals surface area contributed by atoms with Crippen LogP contribution in [0.4, 0.5) is 0 Å². The molecule has 0 bridgehead atoms. The topological polar surface area (TPSA) is 43.3 Å². The van der Waals surface area contributed by atoms with Crippen molar-refractivity contribution < 1.29 is 39.8 Å². The Morgan fingerprint density at radius 1 is 1.27 bits per heavy atom. The third kappa shape index (κ3) is 4.09. The van der Waals surface area contributed by atoms with Crippen molar-refractivity contribution in [1.29, 1.82) is 0 Å². The van der Waals surface area contributed by atoms with Gasteiger partial charge in [0.15, 0.2) is 0 Å². The summed E-state index contributed by atoms with van der Waals surface area (Å²) in [5, 5.41) is 18.4. The van der Waals surface area contributed by atoms with E-state index in [0.29, 0.717) is 0 Å². The Morgan fingerprint density at radius 2 is 1.82 bits per heavy atom. The van der Waals surface area contributed by atoms with E-state index in [2.05, 4.69) is 0 Å². The average molecular weight is 158 g/mol. The van der Waals surface area contributed by atoms with Gasteiger partial charge in [0.2, 0.25) is 0 Å². The van der Waals surface area contributed by atoms with E-state index in [0.717, 1.165) is 5.56 Å². The molecule has 0 radical (unpaired) electrons. The van der Waals surface area contributed by atoms with E-state index in [1.54, 1.807) is 24.3 Å². The molecule has 0 saturated heterocycles. The van der Waals surface area contributed by atoms with Crippen molar-refractivity contribution in [3.05, 3.63) is 41.8 Å². The number of hydrogen-bond donors (Lipinski definition) is 1. The van der Waals surface area contributed by atoms with Crippen molar-refractivity contribution in [2.75, 3.05) is 0 Å². The van der Waals surface area contributed by atoms with Gasteiger partial charge < -0.3 is 10.2 Å². The summed E-state index contributed by atoms with van der Waals surface area (Å²) in [5.74, 6) is -0.911. The Kier molecular flexibility index (Phi) is 5.03. The summed E-state index contributed by atoms with van der Waals surface area (Å²) in [4.78, 5) is 0. The summed E-state index contributed by atoms with van der Waals surface area (Å²) in [6.07, 6.45) is 1.17. The smallest absolute Gasteiger partial charge is 0.629 e. The van der Waals surface area contributed by atoms with Crippen LogP contribution in [0.5, 0.6) is 0 Å². The predicted molar refractivity (Wildman–Crippen MR) is 37.0 cm³/mol. The van der Waals surface area contributed by atoms with Gasteiger partial charge in [-0.3, -0.25) is 0 Å². The fourth-order valence-corrected chi connectivity index (χ4v) is 0.692. The van der Waals surface area contributed by atoms with Crippen molar-refractivity contribution in [3.63, 3.8) is 0 Å². The van der Waals surface area contributed by atoms with Crippen LogP contribution >= 0.6 is 0 Å². The van der Waals surface area contributed by atoms with Crippen LogP contribution in [-0.2, 0) is 0 Å². The van der Waals surface area contributed by atoms with Crippen LogP contribution in [0.2, 0.25) is 0 Å². The molecule has 1 aromatic rings. The molecule has 0 spiro atoms. The SMILES string of the molecule is [Na+].[O-]/C(O)=C\c1ccccc1. The second kappa shape index (κ2) is 5.24. The summed E-state index contributed by atoms with van der Waals surface area (Å²) in [7, 11) is 0. The second-order valence-electron chi connectivity index (χ2n) is 1.89. The monoisotopic (exact) mass is 158 g/mol. The van der Waals surface area contributed by atoms with Crippen LogP contribution in [0, 0.1) is 0 Å². The van der Waals surface area contributed by atoms with Crippen molar-refractivity contribution in [2.45, 2.75) is 0 Å². The molecule has 1 rings (SSSR count). The molecule has 0 aliphatic rings. The van der Waals surface area contributed by atoms with E-state index in [1.807, 2.05) is 6.07 Å². The molecule has 0 aliphatic heterocycles. The maximum absolute atomic E-state index is 10.1. The first-order valence-electron chi connectivity index (χ1n) is 2.92. The van der Waals surface area contributed by atoms with Gasteiger partial charge in [0.1, 0.15) is 0 Å². The van der Waals surface area contributed by atoms with Gasteiger partial charge in [-0.2, -0.15) is 0 Å². The fourth-order valence-electron chi connectivity index (χ4n) is 0.692. The van der Waals surface area contributed by atoms with Crippen LogP contribution in [0.15, 0.2) is 36.3 Å². The number of aliphatic hydroxyl groups is 1. The third-order valence-corrected chi connectivity index (χ3v) is 1.09. The molecule has 0 aromatic heterocycles. The van der Waals surface area contributed by atoms with Crippen LogP contribution < -0.4 is 34.7 Å². The van der Waals surface area contributed by atoms with Crippen LogP contribution in [0.25, 0.3) is 6.08 Å². The van der Waals surface area contributed by atoms with Crippen LogP contribution in [0.3, 0.4) is 0 Å². The Balaban J connectivity index is 0.000001000. The molecule has 11 heavy (non-hydrogen) atoms. The molecule has 0 aliphatic carbocycles. The molecule has 0 fully saturated rings. The van der Waals surface area contributed by atoms with Crippen molar-refractivity contribution in [1.82, 2.24) is 0 Å².